The molecule has 0 saturated heterocycles. The third-order valence-corrected chi connectivity index (χ3v) is 3.85. The number of methoxy groups -OCH3 is 1. The Bertz CT molecular complexity index is 349. The molecule has 1 aromatic rings. The molecule has 1 rings (SSSR count). The van der Waals surface area contributed by atoms with E-state index in [1.54, 1.807) is 18.4 Å². The zero-order valence-electron chi connectivity index (χ0n) is 11.8. The number of nitrogens with zero attached hydrogens (tertiary/aromatic N) is 1. The molecule has 98 valence electrons. The topological polar surface area (TPSA) is 34.1 Å². The number of thiazole rings is 1. The van der Waals surface area contributed by atoms with Crippen molar-refractivity contribution in [2.75, 3.05) is 20.3 Å². The summed E-state index contributed by atoms with van der Waals surface area (Å²) < 4.78 is 5.31. The number of rotatable bonds is 5. The van der Waals surface area contributed by atoms with Crippen LogP contribution < -0.4 is 5.32 Å². The molecule has 0 aliphatic rings. The smallest absolute Gasteiger partial charge is 0.115 e. The lowest BCUT2D eigenvalue weighted by Crippen LogP contribution is -2.43. The molecule has 0 aliphatic carbocycles. The molecule has 1 N–H and O–H groups in total. The van der Waals surface area contributed by atoms with Crippen molar-refractivity contribution in [3.8, 4) is 0 Å². The monoisotopic (exact) mass is 256 g/mol. The summed E-state index contributed by atoms with van der Waals surface area (Å²) in [6.45, 7) is 12.4. The number of hydrogen-bond acceptors (Lipinski definition) is 4. The van der Waals surface area contributed by atoms with Gasteiger partial charge in [0.1, 0.15) is 5.01 Å². The van der Waals surface area contributed by atoms with E-state index in [1.165, 1.54) is 0 Å². The number of aromatic nitrogens is 1. The molecule has 1 atom stereocenters. The first kappa shape index (κ1) is 14.6. The molecular formula is C13H24N2OS. The average molecular weight is 256 g/mol. The van der Waals surface area contributed by atoms with E-state index in [4.69, 9.17) is 9.72 Å². The molecule has 1 unspecified atom stereocenters. The van der Waals surface area contributed by atoms with E-state index < -0.39 is 0 Å². The maximum atomic E-state index is 5.31. The van der Waals surface area contributed by atoms with Gasteiger partial charge < -0.3 is 10.1 Å². The first-order valence-corrected chi connectivity index (χ1v) is 6.92. The Hall–Kier alpha value is -0.450. The van der Waals surface area contributed by atoms with Crippen molar-refractivity contribution < 1.29 is 4.74 Å². The third kappa shape index (κ3) is 3.50. The summed E-state index contributed by atoms with van der Waals surface area (Å²) in [4.78, 5) is 4.77. The van der Waals surface area contributed by atoms with Crippen molar-refractivity contribution in [2.24, 2.45) is 0 Å². The fraction of sp³-hybridized carbons (Fsp3) is 0.769. The van der Waals surface area contributed by atoms with E-state index in [1.807, 2.05) is 0 Å². The Morgan fingerprint density at radius 1 is 1.35 bits per heavy atom. The van der Waals surface area contributed by atoms with E-state index in [2.05, 4.69) is 45.3 Å². The van der Waals surface area contributed by atoms with Crippen LogP contribution in [-0.2, 0) is 15.7 Å². The van der Waals surface area contributed by atoms with Gasteiger partial charge in [-0.05, 0) is 13.5 Å². The summed E-state index contributed by atoms with van der Waals surface area (Å²) in [6, 6.07) is 0. The summed E-state index contributed by atoms with van der Waals surface area (Å²) in [5.74, 6) is 0. The lowest BCUT2D eigenvalue weighted by molar-refractivity contribution is 0.119. The van der Waals surface area contributed by atoms with Crippen LogP contribution in [-0.4, -0.2) is 25.2 Å². The van der Waals surface area contributed by atoms with E-state index in [0.29, 0.717) is 6.61 Å². The number of nitrogens with one attached hydrogen (secondary N) is 1. The molecule has 1 heterocycles. The second-order valence-corrected chi connectivity index (χ2v) is 6.44. The molecule has 0 aliphatic heterocycles. The molecule has 0 spiro atoms. The van der Waals surface area contributed by atoms with Crippen LogP contribution in [0.3, 0.4) is 0 Å². The molecule has 1 aromatic heterocycles. The fourth-order valence-electron chi connectivity index (χ4n) is 1.74. The first-order valence-electron chi connectivity index (χ1n) is 6.04. The van der Waals surface area contributed by atoms with Crippen LogP contribution >= 0.6 is 11.3 Å². The summed E-state index contributed by atoms with van der Waals surface area (Å²) in [7, 11) is 1.73. The summed E-state index contributed by atoms with van der Waals surface area (Å²) in [5.41, 5.74) is 1.07. The van der Waals surface area contributed by atoms with Gasteiger partial charge in [0, 0.05) is 17.9 Å². The van der Waals surface area contributed by atoms with E-state index in [9.17, 15) is 0 Å². The van der Waals surface area contributed by atoms with Gasteiger partial charge in [-0.3, -0.25) is 0 Å². The average Bonchev–Trinajstić information content (AvgIpc) is 2.66. The lowest BCUT2D eigenvalue weighted by atomic mass is 9.93. The highest BCUT2D eigenvalue weighted by atomic mass is 32.1. The minimum absolute atomic E-state index is 0.106. The van der Waals surface area contributed by atoms with Gasteiger partial charge in [0.15, 0.2) is 0 Å². The molecule has 0 amide bonds. The largest absolute Gasteiger partial charge is 0.382 e. The van der Waals surface area contributed by atoms with Crippen molar-refractivity contribution in [1.82, 2.24) is 10.3 Å². The van der Waals surface area contributed by atoms with Crippen molar-refractivity contribution in [1.29, 1.82) is 0 Å². The van der Waals surface area contributed by atoms with Crippen LogP contribution in [0.25, 0.3) is 0 Å². The predicted molar refractivity (Wildman–Crippen MR) is 73.7 cm³/mol. The van der Waals surface area contributed by atoms with Crippen LogP contribution in [0, 0.1) is 0 Å². The maximum absolute atomic E-state index is 5.31. The van der Waals surface area contributed by atoms with E-state index in [0.717, 1.165) is 17.2 Å². The van der Waals surface area contributed by atoms with Crippen LogP contribution in [0.2, 0.25) is 0 Å². The number of likely N-dealkylation sites (N-methyl/N-ethyl adjacent to an activating group) is 1. The van der Waals surface area contributed by atoms with Gasteiger partial charge in [-0.1, -0.05) is 27.7 Å². The molecule has 0 radical (unpaired) electrons. The van der Waals surface area contributed by atoms with Gasteiger partial charge in [0.2, 0.25) is 0 Å². The van der Waals surface area contributed by atoms with Gasteiger partial charge in [0.25, 0.3) is 0 Å². The van der Waals surface area contributed by atoms with Crippen molar-refractivity contribution in [3.63, 3.8) is 0 Å². The zero-order valence-corrected chi connectivity index (χ0v) is 12.6. The maximum Gasteiger partial charge on any atom is 0.115 e. The summed E-state index contributed by atoms with van der Waals surface area (Å²) in [6.07, 6.45) is 0. The highest BCUT2D eigenvalue weighted by molar-refractivity contribution is 7.09. The molecule has 3 nitrogen and oxygen atoms in total. The quantitative estimate of drug-likeness (QED) is 0.879. The Morgan fingerprint density at radius 3 is 2.41 bits per heavy atom. The molecule has 4 heteroatoms. The second kappa shape index (κ2) is 5.46. The summed E-state index contributed by atoms with van der Waals surface area (Å²) >= 11 is 1.71. The lowest BCUT2D eigenvalue weighted by Gasteiger charge is -2.27. The minimum Gasteiger partial charge on any atom is -0.382 e. The zero-order chi connectivity index (χ0) is 13.1. The third-order valence-electron chi connectivity index (χ3n) is 2.74. The molecular weight excluding hydrogens is 232 g/mol. The van der Waals surface area contributed by atoms with Crippen LogP contribution in [0.4, 0.5) is 0 Å². The highest BCUT2D eigenvalue weighted by Crippen LogP contribution is 2.29. The number of hydrogen-bond donors (Lipinski definition) is 1. The summed E-state index contributed by atoms with van der Waals surface area (Å²) in [5, 5.41) is 6.72. The molecule has 0 fully saturated rings. The van der Waals surface area contributed by atoms with Gasteiger partial charge in [-0.2, -0.15) is 0 Å². The Balaban J connectivity index is 3.00. The first-order chi connectivity index (χ1) is 7.83. The molecule has 0 saturated carbocycles. The van der Waals surface area contributed by atoms with Crippen molar-refractivity contribution in [2.45, 2.75) is 45.6 Å². The SMILES string of the molecule is CCNC(C)(COC)c1nc(C(C)(C)C)cs1. The standard InChI is InChI=1S/C13H24N2OS/c1-7-14-13(5,9-16-6)11-15-10(8-17-11)12(2,3)4/h8,14H,7,9H2,1-6H3. The Morgan fingerprint density at radius 2 is 2.00 bits per heavy atom. The number of ether oxygens (including phenoxy) is 1. The Labute approximate surface area is 109 Å². The van der Waals surface area contributed by atoms with Crippen LogP contribution in [0.5, 0.6) is 0 Å². The molecule has 0 aromatic carbocycles. The van der Waals surface area contributed by atoms with Gasteiger partial charge in [0.05, 0.1) is 17.8 Å². The van der Waals surface area contributed by atoms with Crippen molar-refractivity contribution in [3.05, 3.63) is 16.1 Å². The van der Waals surface area contributed by atoms with Gasteiger partial charge in [-0.15, -0.1) is 11.3 Å². The second-order valence-electron chi connectivity index (χ2n) is 5.58. The predicted octanol–water partition coefficient (Wildman–Crippen LogP) is 2.91. The molecule has 0 bridgehead atoms. The molecule has 17 heavy (non-hydrogen) atoms. The van der Waals surface area contributed by atoms with Crippen LogP contribution in [0.15, 0.2) is 5.38 Å². The highest BCUT2D eigenvalue weighted by Gasteiger charge is 2.30. The minimum atomic E-state index is -0.183. The van der Waals surface area contributed by atoms with Gasteiger partial charge >= 0.3 is 0 Å². The van der Waals surface area contributed by atoms with Gasteiger partial charge in [-0.25, -0.2) is 4.98 Å². The van der Waals surface area contributed by atoms with Crippen LogP contribution in [0.1, 0.15) is 45.3 Å². The fourth-order valence-corrected chi connectivity index (χ4v) is 2.91. The van der Waals surface area contributed by atoms with E-state index in [-0.39, 0.29) is 11.0 Å². The Kier molecular flexibility index (Phi) is 4.69. The normalized spacial score (nSPS) is 15.9. The van der Waals surface area contributed by atoms with E-state index >= 15 is 0 Å². The van der Waals surface area contributed by atoms with Crippen molar-refractivity contribution >= 4 is 11.3 Å².